The molecule has 0 aromatic carbocycles. The summed E-state index contributed by atoms with van der Waals surface area (Å²) in [5.41, 5.74) is 4.65. The molecule has 0 radical (unpaired) electrons. The number of halogens is 4. The van der Waals surface area contributed by atoms with E-state index in [1.807, 2.05) is 0 Å². The predicted octanol–water partition coefficient (Wildman–Crippen LogP) is 2.30. The summed E-state index contributed by atoms with van der Waals surface area (Å²) in [7, 11) is 0. The molecule has 1 heterocycles. The number of hydrogen-bond donors (Lipinski definition) is 1. The fourth-order valence-electron chi connectivity index (χ4n) is 0.739. The zero-order valence-corrected chi connectivity index (χ0v) is 7.10. The molecule has 1 rings (SSSR count). The number of rotatable bonds is 1. The Morgan fingerprint density at radius 3 is 2.38 bits per heavy atom. The molecule has 1 atom stereocenters. The highest BCUT2D eigenvalue weighted by atomic mass is 35.5. The number of nitrogens with zero attached hydrogens (tertiary/aromatic N) is 1. The second-order valence-electron chi connectivity index (χ2n) is 2.42. The van der Waals surface area contributed by atoms with Gasteiger partial charge in [-0.2, -0.15) is 13.2 Å². The van der Waals surface area contributed by atoms with E-state index in [0.29, 0.717) is 0 Å². The summed E-state index contributed by atoms with van der Waals surface area (Å²) in [5, 5.41) is 0.276. The Bertz CT molecular complexity index is 283. The van der Waals surface area contributed by atoms with Crippen LogP contribution < -0.4 is 5.73 Å². The smallest absolute Gasteiger partial charge is 0.315 e. The molecule has 2 N–H and O–H groups in total. The molecular weight excluding hydrogens is 205 g/mol. The Hall–Kier alpha value is -0.810. The minimum absolute atomic E-state index is 0.239. The first-order valence-electron chi connectivity index (χ1n) is 3.35. The lowest BCUT2D eigenvalue weighted by molar-refractivity contribution is -0.150. The molecule has 0 fully saturated rings. The van der Waals surface area contributed by atoms with Gasteiger partial charge in [0.25, 0.3) is 0 Å². The van der Waals surface area contributed by atoms with E-state index in [2.05, 4.69) is 4.98 Å². The molecule has 0 aliphatic carbocycles. The van der Waals surface area contributed by atoms with Gasteiger partial charge in [-0.05, 0) is 12.1 Å². The molecule has 2 nitrogen and oxygen atoms in total. The highest BCUT2D eigenvalue weighted by Crippen LogP contribution is 2.29. The van der Waals surface area contributed by atoms with Crippen LogP contribution in [0.15, 0.2) is 18.3 Å². The maximum atomic E-state index is 12.0. The minimum atomic E-state index is -4.47. The molecule has 0 aliphatic heterocycles. The van der Waals surface area contributed by atoms with Crippen LogP contribution in [0.4, 0.5) is 13.2 Å². The van der Waals surface area contributed by atoms with Crippen LogP contribution in [0.2, 0.25) is 5.02 Å². The fourth-order valence-corrected chi connectivity index (χ4v) is 0.851. The molecule has 0 saturated heterocycles. The molecule has 0 aliphatic rings. The zero-order chi connectivity index (χ0) is 10.1. The second kappa shape index (κ2) is 3.51. The molecular formula is C7H6ClF3N2. The van der Waals surface area contributed by atoms with Gasteiger partial charge in [-0.3, -0.25) is 4.98 Å². The lowest BCUT2D eigenvalue weighted by Gasteiger charge is -2.14. The Balaban J connectivity index is 2.90. The molecule has 1 aromatic heterocycles. The first-order valence-corrected chi connectivity index (χ1v) is 3.73. The van der Waals surface area contributed by atoms with E-state index in [1.165, 1.54) is 6.07 Å². The summed E-state index contributed by atoms with van der Waals surface area (Å²) < 4.78 is 36.1. The highest BCUT2D eigenvalue weighted by molar-refractivity contribution is 6.30. The van der Waals surface area contributed by atoms with Crippen LogP contribution in [0.5, 0.6) is 0 Å². The SMILES string of the molecule is NC(c1ccc(Cl)cn1)C(F)(F)F. The van der Waals surface area contributed by atoms with Gasteiger partial charge in [-0.1, -0.05) is 11.6 Å². The van der Waals surface area contributed by atoms with Crippen LogP contribution in [-0.4, -0.2) is 11.2 Å². The van der Waals surface area contributed by atoms with Crippen molar-refractivity contribution < 1.29 is 13.2 Å². The molecule has 1 aromatic rings. The zero-order valence-electron chi connectivity index (χ0n) is 6.35. The van der Waals surface area contributed by atoms with Gasteiger partial charge in [0.05, 0.1) is 10.7 Å². The third-order valence-corrected chi connectivity index (χ3v) is 1.65. The van der Waals surface area contributed by atoms with Crippen LogP contribution in [0.3, 0.4) is 0 Å². The maximum absolute atomic E-state index is 12.0. The summed E-state index contributed by atoms with van der Waals surface area (Å²) in [6.45, 7) is 0. The molecule has 0 amide bonds. The van der Waals surface area contributed by atoms with Gasteiger partial charge in [0.15, 0.2) is 0 Å². The number of pyridine rings is 1. The third kappa shape index (κ3) is 2.57. The van der Waals surface area contributed by atoms with Crippen LogP contribution in [-0.2, 0) is 0 Å². The number of hydrogen-bond acceptors (Lipinski definition) is 2. The van der Waals surface area contributed by atoms with Gasteiger partial charge < -0.3 is 5.73 Å². The van der Waals surface area contributed by atoms with Gasteiger partial charge in [0, 0.05) is 6.20 Å². The van der Waals surface area contributed by atoms with Crippen LogP contribution in [0.1, 0.15) is 11.7 Å². The Kier molecular flexibility index (Phi) is 2.77. The molecule has 0 spiro atoms. The van der Waals surface area contributed by atoms with E-state index in [1.54, 1.807) is 0 Å². The van der Waals surface area contributed by atoms with Crippen molar-refractivity contribution in [3.63, 3.8) is 0 Å². The number of nitrogens with two attached hydrogens (primary N) is 1. The van der Waals surface area contributed by atoms with Crippen LogP contribution in [0.25, 0.3) is 0 Å². The summed E-state index contributed by atoms with van der Waals surface area (Å²) in [4.78, 5) is 3.47. The normalized spacial score (nSPS) is 14.2. The Morgan fingerprint density at radius 2 is 2.00 bits per heavy atom. The monoisotopic (exact) mass is 210 g/mol. The van der Waals surface area contributed by atoms with Gasteiger partial charge in [-0.15, -0.1) is 0 Å². The number of aromatic nitrogens is 1. The first kappa shape index (κ1) is 10.3. The van der Waals surface area contributed by atoms with E-state index < -0.39 is 12.2 Å². The van der Waals surface area contributed by atoms with Crippen molar-refractivity contribution in [1.82, 2.24) is 4.98 Å². The van der Waals surface area contributed by atoms with E-state index >= 15 is 0 Å². The first-order chi connectivity index (χ1) is 5.91. The highest BCUT2D eigenvalue weighted by Gasteiger charge is 2.38. The van der Waals surface area contributed by atoms with E-state index in [4.69, 9.17) is 17.3 Å². The summed E-state index contributed by atoms with van der Waals surface area (Å²) >= 11 is 5.45. The van der Waals surface area contributed by atoms with E-state index in [0.717, 1.165) is 12.3 Å². The average Bonchev–Trinajstić information content (AvgIpc) is 2.03. The van der Waals surface area contributed by atoms with Crippen molar-refractivity contribution in [3.05, 3.63) is 29.0 Å². The number of alkyl halides is 3. The summed E-state index contributed by atoms with van der Waals surface area (Å²) in [5.74, 6) is 0. The quantitative estimate of drug-likeness (QED) is 0.773. The topological polar surface area (TPSA) is 38.9 Å². The van der Waals surface area contributed by atoms with Crippen molar-refractivity contribution in [3.8, 4) is 0 Å². The Labute approximate surface area is 77.5 Å². The molecule has 13 heavy (non-hydrogen) atoms. The van der Waals surface area contributed by atoms with Gasteiger partial charge in [0.1, 0.15) is 6.04 Å². The van der Waals surface area contributed by atoms with Gasteiger partial charge in [0.2, 0.25) is 0 Å². The van der Waals surface area contributed by atoms with Gasteiger partial charge in [-0.25, -0.2) is 0 Å². The minimum Gasteiger partial charge on any atom is -0.315 e. The largest absolute Gasteiger partial charge is 0.409 e. The molecule has 72 valence electrons. The summed E-state index contributed by atoms with van der Waals surface area (Å²) in [6.07, 6.45) is -3.34. The molecule has 6 heteroatoms. The van der Waals surface area contributed by atoms with Crippen LogP contribution in [0, 0.1) is 0 Å². The standard InChI is InChI=1S/C7H6ClF3N2/c8-4-1-2-5(13-3-4)6(12)7(9,10)11/h1-3,6H,12H2. The molecule has 0 bridgehead atoms. The molecule has 1 unspecified atom stereocenters. The maximum Gasteiger partial charge on any atom is 0.409 e. The van der Waals surface area contributed by atoms with Crippen LogP contribution >= 0.6 is 11.6 Å². The average molecular weight is 211 g/mol. The van der Waals surface area contributed by atoms with E-state index in [-0.39, 0.29) is 10.7 Å². The summed E-state index contributed by atoms with van der Waals surface area (Å²) in [6, 6.07) is 0.417. The fraction of sp³-hybridized carbons (Fsp3) is 0.286. The molecule has 0 saturated carbocycles. The van der Waals surface area contributed by atoms with Crippen molar-refractivity contribution in [2.45, 2.75) is 12.2 Å². The predicted molar refractivity (Wildman–Crippen MR) is 42.2 cm³/mol. The Morgan fingerprint density at radius 1 is 1.38 bits per heavy atom. The van der Waals surface area contributed by atoms with Crippen molar-refractivity contribution >= 4 is 11.6 Å². The lowest BCUT2D eigenvalue weighted by Crippen LogP contribution is -2.29. The van der Waals surface area contributed by atoms with E-state index in [9.17, 15) is 13.2 Å². The third-order valence-electron chi connectivity index (χ3n) is 1.42. The van der Waals surface area contributed by atoms with Gasteiger partial charge >= 0.3 is 6.18 Å². The van der Waals surface area contributed by atoms with Crippen molar-refractivity contribution in [1.29, 1.82) is 0 Å². The van der Waals surface area contributed by atoms with Crippen molar-refractivity contribution in [2.24, 2.45) is 5.73 Å². The lowest BCUT2D eigenvalue weighted by atomic mass is 10.2. The van der Waals surface area contributed by atoms with Crippen molar-refractivity contribution in [2.75, 3.05) is 0 Å². The second-order valence-corrected chi connectivity index (χ2v) is 2.86.